The fourth-order valence-electron chi connectivity index (χ4n) is 4.38. The molecule has 1 unspecified atom stereocenters. The van der Waals surface area contributed by atoms with Crippen LogP contribution in [0.5, 0.6) is 0 Å². The Morgan fingerprint density at radius 1 is 1.03 bits per heavy atom. The number of aromatic amines is 1. The van der Waals surface area contributed by atoms with E-state index in [9.17, 15) is 4.79 Å². The van der Waals surface area contributed by atoms with Gasteiger partial charge in [-0.2, -0.15) is 0 Å². The van der Waals surface area contributed by atoms with Gasteiger partial charge in [-0.3, -0.25) is 9.13 Å². The summed E-state index contributed by atoms with van der Waals surface area (Å²) in [6.45, 7) is 8.68. The number of hydrogen-bond acceptors (Lipinski definition) is 3. The molecule has 0 aliphatic rings. The number of para-hydroxylation sites is 3. The van der Waals surface area contributed by atoms with Gasteiger partial charge >= 0.3 is 5.69 Å². The van der Waals surface area contributed by atoms with E-state index < -0.39 is 0 Å². The smallest absolute Gasteiger partial charge is 0.330 e. The molecule has 0 saturated heterocycles. The highest BCUT2D eigenvalue weighted by Crippen LogP contribution is 2.30. The third kappa shape index (κ3) is 3.89. The van der Waals surface area contributed by atoms with Crippen molar-refractivity contribution in [2.24, 2.45) is 11.0 Å². The Morgan fingerprint density at radius 2 is 1.75 bits per heavy atom. The maximum atomic E-state index is 13.6. The maximum absolute atomic E-state index is 13.6. The van der Waals surface area contributed by atoms with Crippen LogP contribution in [0.4, 0.5) is 0 Å². The minimum Gasteiger partial charge on any atom is -0.340 e. The van der Waals surface area contributed by atoms with Crippen LogP contribution >= 0.6 is 0 Å². The van der Waals surface area contributed by atoms with E-state index in [2.05, 4.69) is 28.9 Å². The van der Waals surface area contributed by atoms with Gasteiger partial charge in [0.1, 0.15) is 5.82 Å². The topological polar surface area (TPSA) is 104 Å². The SMILES string of the molecule is CC(C)CCC(c1nc2c(CN=[N+]=[N-])cccc2[nH]1)n1c(=O)n(C(C)C)c2ccccc21. The lowest BCUT2D eigenvalue weighted by atomic mass is 10.0. The molecule has 8 nitrogen and oxygen atoms in total. The molecule has 4 rings (SSSR count). The van der Waals surface area contributed by atoms with E-state index in [0.717, 1.165) is 46.3 Å². The number of aromatic nitrogens is 4. The van der Waals surface area contributed by atoms with Crippen LogP contribution in [-0.2, 0) is 6.54 Å². The molecule has 0 spiro atoms. The molecule has 0 aliphatic heterocycles. The summed E-state index contributed by atoms with van der Waals surface area (Å²) in [5, 5.41) is 3.71. The molecular weight excluding hydrogens is 402 g/mol. The first-order chi connectivity index (χ1) is 15.4. The zero-order valence-electron chi connectivity index (χ0n) is 19.0. The maximum Gasteiger partial charge on any atom is 0.330 e. The molecule has 0 radical (unpaired) electrons. The third-order valence-corrected chi connectivity index (χ3v) is 5.89. The number of nitrogens with zero attached hydrogens (tertiary/aromatic N) is 6. The fraction of sp³-hybridized carbons (Fsp3) is 0.417. The third-order valence-electron chi connectivity index (χ3n) is 5.89. The molecule has 1 atom stereocenters. The summed E-state index contributed by atoms with van der Waals surface area (Å²) in [5.74, 6) is 1.25. The Morgan fingerprint density at radius 3 is 2.41 bits per heavy atom. The largest absolute Gasteiger partial charge is 0.340 e. The van der Waals surface area contributed by atoms with Crippen molar-refractivity contribution in [3.8, 4) is 0 Å². The molecule has 2 aromatic carbocycles. The van der Waals surface area contributed by atoms with Crippen molar-refractivity contribution in [2.45, 2.75) is 59.2 Å². The molecule has 8 heteroatoms. The number of imidazole rings is 2. The van der Waals surface area contributed by atoms with Crippen molar-refractivity contribution < 1.29 is 0 Å². The summed E-state index contributed by atoms with van der Waals surface area (Å²) in [7, 11) is 0. The van der Waals surface area contributed by atoms with Crippen LogP contribution in [0.15, 0.2) is 52.4 Å². The van der Waals surface area contributed by atoms with Crippen molar-refractivity contribution in [2.75, 3.05) is 0 Å². The van der Waals surface area contributed by atoms with Gasteiger partial charge in [0.25, 0.3) is 0 Å². The summed E-state index contributed by atoms with van der Waals surface area (Å²) in [6.07, 6.45) is 1.75. The van der Waals surface area contributed by atoms with Crippen LogP contribution < -0.4 is 5.69 Å². The zero-order chi connectivity index (χ0) is 22.8. The van der Waals surface area contributed by atoms with Gasteiger partial charge in [0.15, 0.2) is 0 Å². The first-order valence-electron chi connectivity index (χ1n) is 11.1. The second kappa shape index (κ2) is 8.93. The quantitative estimate of drug-likeness (QED) is 0.207. The Bertz CT molecular complexity index is 1350. The molecule has 166 valence electrons. The average Bonchev–Trinajstić information content (AvgIpc) is 3.32. The summed E-state index contributed by atoms with van der Waals surface area (Å²) in [5.41, 5.74) is 13.1. The first kappa shape index (κ1) is 21.7. The molecule has 0 saturated carbocycles. The average molecular weight is 432 g/mol. The Labute approximate surface area is 186 Å². The second-order valence-electron chi connectivity index (χ2n) is 8.92. The second-order valence-corrected chi connectivity index (χ2v) is 8.92. The lowest BCUT2D eigenvalue weighted by molar-refractivity contribution is 0.438. The van der Waals surface area contributed by atoms with Crippen LogP contribution in [0.2, 0.25) is 0 Å². The summed E-state index contributed by atoms with van der Waals surface area (Å²) < 4.78 is 3.75. The van der Waals surface area contributed by atoms with E-state index in [-0.39, 0.29) is 24.3 Å². The molecule has 1 N–H and O–H groups in total. The predicted molar refractivity (Wildman–Crippen MR) is 128 cm³/mol. The number of benzene rings is 2. The van der Waals surface area contributed by atoms with Crippen LogP contribution in [0, 0.1) is 5.92 Å². The number of azide groups is 1. The molecular formula is C24H29N7O. The summed E-state index contributed by atoms with van der Waals surface area (Å²) in [4.78, 5) is 24.9. The van der Waals surface area contributed by atoms with Gasteiger partial charge in [0, 0.05) is 11.0 Å². The zero-order valence-corrected chi connectivity index (χ0v) is 19.0. The number of H-pyrrole nitrogens is 1. The molecule has 0 amide bonds. The van der Waals surface area contributed by atoms with E-state index in [1.807, 2.05) is 65.4 Å². The minimum absolute atomic E-state index is 0.0234. The van der Waals surface area contributed by atoms with Crippen molar-refractivity contribution >= 4 is 22.1 Å². The van der Waals surface area contributed by atoms with E-state index in [1.54, 1.807) is 0 Å². The number of nitrogens with one attached hydrogen (secondary N) is 1. The normalized spacial score (nSPS) is 12.7. The lowest BCUT2D eigenvalue weighted by Crippen LogP contribution is -2.29. The van der Waals surface area contributed by atoms with Crippen LogP contribution in [-0.4, -0.2) is 19.1 Å². The highest BCUT2D eigenvalue weighted by molar-refractivity contribution is 5.79. The number of rotatable bonds is 8. The minimum atomic E-state index is -0.227. The lowest BCUT2D eigenvalue weighted by Gasteiger charge is -2.18. The Balaban J connectivity index is 1.93. The van der Waals surface area contributed by atoms with Crippen molar-refractivity contribution in [3.05, 3.63) is 74.8 Å². The molecule has 2 heterocycles. The van der Waals surface area contributed by atoms with Gasteiger partial charge in [0.2, 0.25) is 0 Å². The van der Waals surface area contributed by atoms with Gasteiger partial charge in [-0.05, 0) is 61.9 Å². The van der Waals surface area contributed by atoms with Crippen molar-refractivity contribution in [1.82, 2.24) is 19.1 Å². The fourth-order valence-corrected chi connectivity index (χ4v) is 4.38. The summed E-state index contributed by atoms with van der Waals surface area (Å²) in [6, 6.07) is 13.6. The Hall–Kier alpha value is -3.51. The highest BCUT2D eigenvalue weighted by atomic mass is 16.1. The molecule has 4 aromatic rings. The summed E-state index contributed by atoms with van der Waals surface area (Å²) >= 11 is 0. The van der Waals surface area contributed by atoms with E-state index in [1.165, 1.54) is 0 Å². The van der Waals surface area contributed by atoms with Crippen LogP contribution in [0.3, 0.4) is 0 Å². The van der Waals surface area contributed by atoms with Gasteiger partial charge in [0.05, 0.1) is 34.7 Å². The first-order valence-corrected chi connectivity index (χ1v) is 11.1. The molecule has 0 aliphatic carbocycles. The van der Waals surface area contributed by atoms with Crippen molar-refractivity contribution in [1.29, 1.82) is 0 Å². The standard InChI is InChI=1S/C24H29N7O/c1-15(2)12-13-21(23-27-18-9-7-8-17(14-26-29-25)22(18)28-23)31-20-11-6-5-10-19(20)30(16(3)4)24(31)32/h5-11,15-16,21H,12-14H2,1-4H3,(H,27,28). The monoisotopic (exact) mass is 431 g/mol. The van der Waals surface area contributed by atoms with E-state index in [4.69, 9.17) is 10.5 Å². The van der Waals surface area contributed by atoms with Gasteiger partial charge in [-0.15, -0.1) is 0 Å². The van der Waals surface area contributed by atoms with E-state index in [0.29, 0.717) is 5.92 Å². The van der Waals surface area contributed by atoms with E-state index >= 15 is 0 Å². The van der Waals surface area contributed by atoms with Crippen LogP contribution in [0.1, 0.15) is 64.0 Å². The van der Waals surface area contributed by atoms with Gasteiger partial charge < -0.3 is 4.98 Å². The Kier molecular flexibility index (Phi) is 6.06. The van der Waals surface area contributed by atoms with Gasteiger partial charge in [-0.1, -0.05) is 43.2 Å². The van der Waals surface area contributed by atoms with Gasteiger partial charge in [-0.25, -0.2) is 9.78 Å². The number of hydrogen-bond donors (Lipinski definition) is 1. The van der Waals surface area contributed by atoms with Crippen LogP contribution in [0.25, 0.3) is 32.5 Å². The highest BCUT2D eigenvalue weighted by Gasteiger charge is 2.25. The number of fused-ring (bicyclic) bond motifs is 2. The molecule has 2 aromatic heterocycles. The molecule has 0 bridgehead atoms. The molecule has 0 fully saturated rings. The predicted octanol–water partition coefficient (Wildman–Crippen LogP) is 6.10. The van der Waals surface area contributed by atoms with Crippen molar-refractivity contribution in [3.63, 3.8) is 0 Å². The molecule has 32 heavy (non-hydrogen) atoms.